The minimum Gasteiger partial charge on any atom is -0.293 e. The summed E-state index contributed by atoms with van der Waals surface area (Å²) in [6.45, 7) is 1.77. The van der Waals surface area contributed by atoms with Crippen LogP contribution in [-0.2, 0) is 0 Å². The number of nitrogens with zero attached hydrogens (tertiary/aromatic N) is 3. The van der Waals surface area contributed by atoms with Crippen LogP contribution in [-0.4, -0.2) is 19.5 Å². The molecule has 0 aliphatic heterocycles. The summed E-state index contributed by atoms with van der Waals surface area (Å²) in [6, 6.07) is 0. The second kappa shape index (κ2) is 3.29. The van der Waals surface area contributed by atoms with E-state index in [4.69, 9.17) is 0 Å². The largest absolute Gasteiger partial charge is 0.354 e. The van der Waals surface area contributed by atoms with Gasteiger partial charge in [-0.25, -0.2) is 4.98 Å². The smallest absolute Gasteiger partial charge is 0.293 e. The molecule has 0 aliphatic carbocycles. The molecule has 0 atom stereocenters. The summed E-state index contributed by atoms with van der Waals surface area (Å²) in [4.78, 5) is 25.2. The van der Waals surface area contributed by atoms with Crippen LogP contribution in [0.2, 0.25) is 0 Å². The molecule has 0 spiro atoms. The molecule has 2 heterocycles. The van der Waals surface area contributed by atoms with Gasteiger partial charge in [-0.1, -0.05) is 0 Å². The lowest BCUT2D eigenvalue weighted by molar-refractivity contribution is -0.386. The van der Waals surface area contributed by atoms with Crippen LogP contribution >= 0.6 is 22.6 Å². The van der Waals surface area contributed by atoms with E-state index in [9.17, 15) is 14.9 Å². The van der Waals surface area contributed by atoms with E-state index < -0.39 is 16.2 Å². The Balaban J connectivity index is 2.92. The van der Waals surface area contributed by atoms with Crippen LogP contribution in [0.25, 0.3) is 5.65 Å². The molecule has 2 aromatic rings. The summed E-state index contributed by atoms with van der Waals surface area (Å²) in [7, 11) is 0. The van der Waals surface area contributed by atoms with Crippen LogP contribution in [0.1, 0.15) is 5.69 Å². The van der Waals surface area contributed by atoms with Crippen LogP contribution < -0.4 is 5.56 Å². The number of hydrogen-bond acceptors (Lipinski definition) is 4. The van der Waals surface area contributed by atoms with Gasteiger partial charge in [0.2, 0.25) is 0 Å². The Morgan fingerprint density at radius 1 is 1.67 bits per heavy atom. The van der Waals surface area contributed by atoms with Crippen molar-refractivity contribution in [1.29, 1.82) is 0 Å². The molecule has 1 N–H and O–H groups in total. The van der Waals surface area contributed by atoms with Crippen molar-refractivity contribution < 1.29 is 4.92 Å². The second-order valence-electron chi connectivity index (χ2n) is 2.92. The summed E-state index contributed by atoms with van der Waals surface area (Å²) in [6.07, 6.45) is 0.979. The number of nitrogens with one attached hydrogen (secondary N) is 1. The first kappa shape index (κ1) is 10.1. The fraction of sp³-hybridized carbons (Fsp3) is 0.143. The van der Waals surface area contributed by atoms with E-state index in [1.165, 1.54) is 0 Å². The zero-order valence-electron chi connectivity index (χ0n) is 7.52. The average molecular weight is 320 g/mol. The van der Waals surface area contributed by atoms with Crippen LogP contribution in [0.4, 0.5) is 5.69 Å². The maximum Gasteiger partial charge on any atom is 0.354 e. The zero-order chi connectivity index (χ0) is 11.2. The molecule has 8 heteroatoms. The first-order chi connectivity index (χ1) is 7.02. The van der Waals surface area contributed by atoms with Crippen molar-refractivity contribution in [3.8, 4) is 0 Å². The molecule has 0 amide bonds. The summed E-state index contributed by atoms with van der Waals surface area (Å²) in [5, 5.41) is 13.2. The summed E-state index contributed by atoms with van der Waals surface area (Å²) in [5.74, 6) is 0. The molecule has 15 heavy (non-hydrogen) atoms. The van der Waals surface area contributed by atoms with Gasteiger partial charge >= 0.3 is 11.2 Å². The average Bonchev–Trinajstić information content (AvgIpc) is 2.45. The maximum atomic E-state index is 11.6. The van der Waals surface area contributed by atoms with Gasteiger partial charge in [0.1, 0.15) is 6.20 Å². The number of aryl methyl sites for hydroxylation is 1. The highest BCUT2D eigenvalue weighted by molar-refractivity contribution is 14.1. The van der Waals surface area contributed by atoms with Crippen LogP contribution in [0.15, 0.2) is 11.0 Å². The van der Waals surface area contributed by atoms with E-state index >= 15 is 0 Å². The number of halogens is 1. The molecule has 0 aliphatic rings. The van der Waals surface area contributed by atoms with Crippen molar-refractivity contribution >= 4 is 33.9 Å². The second-order valence-corrected chi connectivity index (χ2v) is 3.99. The summed E-state index contributed by atoms with van der Waals surface area (Å²) >= 11 is 2.02. The Kier molecular flexibility index (Phi) is 2.21. The quantitative estimate of drug-likeness (QED) is 0.479. The monoisotopic (exact) mass is 320 g/mol. The van der Waals surface area contributed by atoms with E-state index in [-0.39, 0.29) is 0 Å². The normalized spacial score (nSPS) is 10.8. The minimum atomic E-state index is -0.745. The topological polar surface area (TPSA) is 93.3 Å². The fourth-order valence-corrected chi connectivity index (χ4v) is 1.72. The van der Waals surface area contributed by atoms with Gasteiger partial charge in [0, 0.05) is 5.69 Å². The molecule has 0 bridgehead atoms. The lowest BCUT2D eigenvalue weighted by Crippen LogP contribution is -2.18. The first-order valence-electron chi connectivity index (χ1n) is 3.92. The van der Waals surface area contributed by atoms with Gasteiger partial charge < -0.3 is 0 Å². The Bertz CT molecular complexity index is 614. The predicted molar refractivity (Wildman–Crippen MR) is 59.9 cm³/mol. The molecule has 0 radical (unpaired) electrons. The Morgan fingerprint density at radius 2 is 2.33 bits per heavy atom. The van der Waals surface area contributed by atoms with E-state index in [1.807, 2.05) is 22.6 Å². The molecule has 2 rings (SSSR count). The van der Waals surface area contributed by atoms with E-state index in [0.717, 1.165) is 20.0 Å². The molecule has 0 saturated carbocycles. The number of fused-ring (bicyclic) bond motifs is 1. The summed E-state index contributed by atoms with van der Waals surface area (Å²) in [5.41, 5.74) is -0.0782. The van der Waals surface area contributed by atoms with Crippen molar-refractivity contribution in [2.75, 3.05) is 0 Å². The first-order valence-corrected chi connectivity index (χ1v) is 5.00. The Morgan fingerprint density at radius 3 is 2.93 bits per heavy atom. The van der Waals surface area contributed by atoms with Gasteiger partial charge in [-0.15, -0.1) is 0 Å². The van der Waals surface area contributed by atoms with Gasteiger partial charge in [-0.2, -0.15) is 4.52 Å². The fourth-order valence-electron chi connectivity index (χ4n) is 1.21. The maximum absolute atomic E-state index is 11.6. The van der Waals surface area contributed by atoms with Crippen LogP contribution in [0.5, 0.6) is 0 Å². The minimum absolute atomic E-state index is 0.406. The van der Waals surface area contributed by atoms with Gasteiger partial charge in [0.05, 0.1) is 8.49 Å². The Labute approximate surface area is 96.4 Å². The number of aromatic amines is 1. The molecule has 7 nitrogen and oxygen atoms in total. The molecule has 0 fully saturated rings. The Hall–Kier alpha value is -1.45. The van der Waals surface area contributed by atoms with Crippen molar-refractivity contribution in [1.82, 2.24) is 14.6 Å². The number of H-pyrrole nitrogens is 1. The third-order valence-corrected chi connectivity index (χ3v) is 3.24. The number of nitro groups is 1. The zero-order valence-corrected chi connectivity index (χ0v) is 9.68. The number of aromatic nitrogens is 3. The molecule has 2 aromatic heterocycles. The predicted octanol–water partition coefficient (Wildman–Crippen LogP) is 0.844. The molecule has 0 aromatic carbocycles. The van der Waals surface area contributed by atoms with E-state index in [2.05, 4.69) is 10.1 Å². The van der Waals surface area contributed by atoms with Crippen molar-refractivity contribution in [3.05, 3.63) is 35.9 Å². The van der Waals surface area contributed by atoms with Crippen molar-refractivity contribution in [2.45, 2.75) is 6.92 Å². The number of rotatable bonds is 1. The number of hydrogen-bond donors (Lipinski definition) is 1. The third kappa shape index (κ3) is 1.40. The molecule has 78 valence electrons. The van der Waals surface area contributed by atoms with Crippen molar-refractivity contribution in [2.24, 2.45) is 0 Å². The van der Waals surface area contributed by atoms with Crippen LogP contribution in [0.3, 0.4) is 0 Å². The lowest BCUT2D eigenvalue weighted by atomic mass is 10.5. The summed E-state index contributed by atoms with van der Waals surface area (Å²) < 4.78 is 1.86. The molecule has 0 unspecified atom stereocenters. The van der Waals surface area contributed by atoms with E-state index in [0.29, 0.717) is 5.65 Å². The van der Waals surface area contributed by atoms with Gasteiger partial charge in [-0.3, -0.25) is 20.0 Å². The van der Waals surface area contributed by atoms with Gasteiger partial charge in [-0.05, 0) is 29.5 Å². The molecular formula is C7H5IN4O3. The molecule has 0 saturated heterocycles. The highest BCUT2D eigenvalue weighted by Gasteiger charge is 2.18. The SMILES string of the molecule is Cc1[nH]n2c(=O)c([N+](=O)[O-])cnc2c1I. The van der Waals surface area contributed by atoms with Gasteiger partial charge in [0.25, 0.3) is 0 Å². The highest BCUT2D eigenvalue weighted by Crippen LogP contribution is 2.15. The van der Waals surface area contributed by atoms with Gasteiger partial charge in [0.15, 0.2) is 5.65 Å². The van der Waals surface area contributed by atoms with E-state index in [1.54, 1.807) is 6.92 Å². The van der Waals surface area contributed by atoms with Crippen molar-refractivity contribution in [3.63, 3.8) is 0 Å². The molecular weight excluding hydrogens is 315 g/mol. The lowest BCUT2D eigenvalue weighted by Gasteiger charge is -1.92. The third-order valence-electron chi connectivity index (χ3n) is 1.94. The standard InChI is InChI=1S/C7H5IN4O3/c1-3-5(8)6-9-2-4(12(14)15)7(13)11(6)10-3/h2,10H,1H3. The van der Waals surface area contributed by atoms with Crippen LogP contribution in [0, 0.1) is 20.6 Å². The highest BCUT2D eigenvalue weighted by atomic mass is 127.